The molecule has 0 bridgehead atoms. The lowest BCUT2D eigenvalue weighted by atomic mass is 10.0. The Morgan fingerprint density at radius 1 is 1.38 bits per heavy atom. The van der Waals surface area contributed by atoms with Crippen molar-refractivity contribution < 1.29 is 18.3 Å². The van der Waals surface area contributed by atoms with Crippen LogP contribution in [0.1, 0.15) is 32.4 Å². The molecule has 0 aromatic heterocycles. The third kappa shape index (κ3) is 3.91. The first kappa shape index (κ1) is 15.7. The second-order valence-corrected chi connectivity index (χ2v) is 6.06. The standard InChI is InChI=1S/C15H20F2N2O2/c1-15(2,3)21-14(20)19-7-6-18-9-13(19)11-5-4-10(16)8-12(11)17/h4-5,8,13,18H,6-7,9H2,1-3H3. The van der Waals surface area contributed by atoms with Crippen molar-refractivity contribution in [1.82, 2.24) is 10.2 Å². The van der Waals surface area contributed by atoms with E-state index in [0.29, 0.717) is 19.6 Å². The van der Waals surface area contributed by atoms with Crippen molar-refractivity contribution in [2.45, 2.75) is 32.4 Å². The Labute approximate surface area is 123 Å². The fraction of sp³-hybridized carbons (Fsp3) is 0.533. The summed E-state index contributed by atoms with van der Waals surface area (Å²) < 4.78 is 32.4. The van der Waals surface area contributed by atoms with E-state index in [1.807, 2.05) is 0 Å². The van der Waals surface area contributed by atoms with Crippen LogP contribution in [0.5, 0.6) is 0 Å². The molecule has 1 aliphatic heterocycles. The van der Waals surface area contributed by atoms with Gasteiger partial charge in [0.15, 0.2) is 0 Å². The lowest BCUT2D eigenvalue weighted by Gasteiger charge is -2.37. The fourth-order valence-corrected chi connectivity index (χ4v) is 2.29. The number of carbonyl (C=O) groups is 1. The predicted octanol–water partition coefficient (Wildman–Crippen LogP) is 2.85. The zero-order chi connectivity index (χ0) is 15.6. The minimum Gasteiger partial charge on any atom is -0.444 e. The van der Waals surface area contributed by atoms with E-state index < -0.39 is 29.4 Å². The predicted molar refractivity (Wildman–Crippen MR) is 74.9 cm³/mol. The van der Waals surface area contributed by atoms with Crippen molar-refractivity contribution in [3.63, 3.8) is 0 Å². The van der Waals surface area contributed by atoms with Crippen molar-refractivity contribution in [3.8, 4) is 0 Å². The SMILES string of the molecule is CC(C)(C)OC(=O)N1CCNCC1c1ccc(F)cc1F. The number of nitrogens with zero attached hydrogens (tertiary/aromatic N) is 1. The van der Waals surface area contributed by atoms with Crippen LogP contribution in [-0.2, 0) is 4.74 Å². The average molecular weight is 298 g/mol. The normalized spacial score (nSPS) is 19.5. The van der Waals surface area contributed by atoms with E-state index in [9.17, 15) is 13.6 Å². The van der Waals surface area contributed by atoms with Crippen molar-refractivity contribution in [3.05, 3.63) is 35.4 Å². The molecule has 1 amide bonds. The molecule has 1 unspecified atom stereocenters. The summed E-state index contributed by atoms with van der Waals surface area (Å²) in [6, 6.07) is 2.89. The monoisotopic (exact) mass is 298 g/mol. The quantitative estimate of drug-likeness (QED) is 0.867. The van der Waals surface area contributed by atoms with Gasteiger partial charge in [-0.05, 0) is 26.8 Å². The van der Waals surface area contributed by atoms with Crippen LogP contribution in [-0.4, -0.2) is 36.2 Å². The molecule has 1 heterocycles. The molecule has 116 valence electrons. The molecule has 1 aromatic carbocycles. The zero-order valence-electron chi connectivity index (χ0n) is 12.5. The van der Waals surface area contributed by atoms with Crippen molar-refractivity contribution >= 4 is 6.09 Å². The third-order valence-electron chi connectivity index (χ3n) is 3.19. The second-order valence-electron chi connectivity index (χ2n) is 6.06. The van der Waals surface area contributed by atoms with Crippen LogP contribution in [0.25, 0.3) is 0 Å². The Kier molecular flexibility index (Phi) is 4.46. The van der Waals surface area contributed by atoms with Gasteiger partial charge in [0.1, 0.15) is 17.2 Å². The molecule has 4 nitrogen and oxygen atoms in total. The second kappa shape index (κ2) is 5.97. The Hall–Kier alpha value is -1.69. The van der Waals surface area contributed by atoms with Gasteiger partial charge in [0.05, 0.1) is 6.04 Å². The van der Waals surface area contributed by atoms with E-state index >= 15 is 0 Å². The van der Waals surface area contributed by atoms with Gasteiger partial charge in [0, 0.05) is 31.3 Å². The van der Waals surface area contributed by atoms with Crippen LogP contribution in [0.15, 0.2) is 18.2 Å². The van der Waals surface area contributed by atoms with Crippen molar-refractivity contribution in [1.29, 1.82) is 0 Å². The highest BCUT2D eigenvalue weighted by atomic mass is 19.1. The average Bonchev–Trinajstić information content (AvgIpc) is 2.37. The van der Waals surface area contributed by atoms with Crippen molar-refractivity contribution in [2.24, 2.45) is 0 Å². The van der Waals surface area contributed by atoms with Crippen LogP contribution in [0.2, 0.25) is 0 Å². The van der Waals surface area contributed by atoms with Gasteiger partial charge in [-0.25, -0.2) is 13.6 Å². The van der Waals surface area contributed by atoms with Gasteiger partial charge in [-0.1, -0.05) is 6.07 Å². The lowest BCUT2D eigenvalue weighted by Crippen LogP contribution is -2.50. The Balaban J connectivity index is 2.24. The van der Waals surface area contributed by atoms with E-state index in [-0.39, 0.29) is 5.56 Å². The molecule has 0 spiro atoms. The Bertz CT molecular complexity index is 529. The molecule has 0 radical (unpaired) electrons. The van der Waals surface area contributed by atoms with E-state index in [0.717, 1.165) is 6.07 Å². The first-order valence-corrected chi connectivity index (χ1v) is 6.93. The molecule has 1 aromatic rings. The molecular weight excluding hydrogens is 278 g/mol. The molecule has 1 saturated heterocycles. The molecule has 1 atom stereocenters. The number of hydrogen-bond donors (Lipinski definition) is 1. The summed E-state index contributed by atoms with van der Waals surface area (Å²) >= 11 is 0. The maximum atomic E-state index is 14.0. The van der Waals surface area contributed by atoms with Gasteiger partial charge < -0.3 is 10.1 Å². The third-order valence-corrected chi connectivity index (χ3v) is 3.19. The van der Waals surface area contributed by atoms with E-state index in [2.05, 4.69) is 5.32 Å². The van der Waals surface area contributed by atoms with Crippen LogP contribution < -0.4 is 5.32 Å². The first-order chi connectivity index (χ1) is 9.78. The van der Waals surface area contributed by atoms with Gasteiger partial charge in [-0.15, -0.1) is 0 Å². The number of rotatable bonds is 1. The molecule has 21 heavy (non-hydrogen) atoms. The van der Waals surface area contributed by atoms with E-state index in [1.165, 1.54) is 17.0 Å². The molecule has 0 saturated carbocycles. The minimum atomic E-state index is -0.655. The largest absolute Gasteiger partial charge is 0.444 e. The number of amides is 1. The number of ether oxygens (including phenoxy) is 1. The number of halogens is 2. The molecule has 1 aliphatic rings. The molecule has 1 fully saturated rings. The maximum Gasteiger partial charge on any atom is 0.410 e. The summed E-state index contributed by atoms with van der Waals surface area (Å²) in [6.07, 6.45) is -0.488. The summed E-state index contributed by atoms with van der Waals surface area (Å²) in [4.78, 5) is 13.7. The van der Waals surface area contributed by atoms with E-state index in [1.54, 1.807) is 20.8 Å². The number of nitrogens with one attached hydrogen (secondary N) is 1. The van der Waals surface area contributed by atoms with Crippen molar-refractivity contribution in [2.75, 3.05) is 19.6 Å². The van der Waals surface area contributed by atoms with Gasteiger partial charge in [-0.2, -0.15) is 0 Å². The summed E-state index contributed by atoms with van der Waals surface area (Å²) in [6.45, 7) is 6.76. The van der Waals surface area contributed by atoms with Crippen LogP contribution in [0.3, 0.4) is 0 Å². The van der Waals surface area contributed by atoms with Gasteiger partial charge in [0.25, 0.3) is 0 Å². The smallest absolute Gasteiger partial charge is 0.410 e. The summed E-state index contributed by atoms with van der Waals surface area (Å²) in [5.41, 5.74) is -0.331. The molecule has 0 aliphatic carbocycles. The van der Waals surface area contributed by atoms with Gasteiger partial charge in [-0.3, -0.25) is 4.90 Å². The molecule has 6 heteroatoms. The molecular formula is C15H20F2N2O2. The first-order valence-electron chi connectivity index (χ1n) is 6.93. The highest BCUT2D eigenvalue weighted by molar-refractivity contribution is 5.69. The Morgan fingerprint density at radius 3 is 2.71 bits per heavy atom. The minimum absolute atomic E-state index is 0.287. The summed E-state index contributed by atoms with van der Waals surface area (Å²) in [5, 5.41) is 3.11. The lowest BCUT2D eigenvalue weighted by molar-refractivity contribution is 0.0114. The summed E-state index contributed by atoms with van der Waals surface area (Å²) in [5.74, 6) is -1.29. The van der Waals surface area contributed by atoms with Crippen LogP contribution in [0, 0.1) is 11.6 Å². The number of piperazine rings is 1. The molecule has 1 N–H and O–H groups in total. The number of hydrogen-bond acceptors (Lipinski definition) is 3. The van der Waals surface area contributed by atoms with Gasteiger partial charge in [0.2, 0.25) is 0 Å². The van der Waals surface area contributed by atoms with Gasteiger partial charge >= 0.3 is 6.09 Å². The topological polar surface area (TPSA) is 41.6 Å². The zero-order valence-corrected chi connectivity index (χ0v) is 12.5. The molecule has 2 rings (SSSR count). The maximum absolute atomic E-state index is 14.0. The Morgan fingerprint density at radius 2 is 2.10 bits per heavy atom. The number of carbonyl (C=O) groups excluding carboxylic acids is 1. The highest BCUT2D eigenvalue weighted by Crippen LogP contribution is 2.27. The highest BCUT2D eigenvalue weighted by Gasteiger charge is 2.32. The number of benzene rings is 1. The fourth-order valence-electron chi connectivity index (χ4n) is 2.29. The van der Waals surface area contributed by atoms with Crippen LogP contribution in [0.4, 0.5) is 13.6 Å². The van der Waals surface area contributed by atoms with E-state index in [4.69, 9.17) is 4.74 Å². The summed E-state index contributed by atoms with van der Waals surface area (Å²) in [7, 11) is 0. The van der Waals surface area contributed by atoms with Crippen LogP contribution >= 0.6 is 0 Å².